The van der Waals surface area contributed by atoms with E-state index >= 15 is 0 Å². The van der Waals surface area contributed by atoms with Crippen LogP contribution in [0.25, 0.3) is 11.1 Å². The number of fused-ring (bicyclic) bond motifs is 3. The fourth-order valence-electron chi connectivity index (χ4n) is 6.46. The number of phenols is 2. The molecule has 2 aliphatic rings. The van der Waals surface area contributed by atoms with Gasteiger partial charge in [-0.1, -0.05) is 48.7 Å². The molecule has 0 radical (unpaired) electrons. The third kappa shape index (κ3) is 3.83. The second-order valence-corrected chi connectivity index (χ2v) is 12.8. The lowest BCUT2D eigenvalue weighted by Gasteiger charge is -2.51. The van der Waals surface area contributed by atoms with Crippen LogP contribution in [0.4, 0.5) is 0 Å². The normalized spacial score (nSPS) is 20.5. The van der Waals surface area contributed by atoms with Gasteiger partial charge in [-0.25, -0.2) is 0 Å². The molecule has 3 aromatic carbocycles. The molecule has 0 aliphatic heterocycles. The maximum Gasteiger partial charge on any atom is 0.206 e. The average molecular weight is 701 g/mol. The standard InChI is InChI=1S/C30H26BrCl3O8/c1-10-17(13(40-4)9-15(42-6)22(10)32)11-7-14(41-5)23(33)12-8-16-29(2,3)20-19(25(35)24(34)26(36)21(20)31)28(38)30(16,39)27(37)18(11)12/h7,9,16,35-36,39H,8H2,1-6H3/t16-,30-/m1/s1. The lowest BCUT2D eigenvalue weighted by Crippen LogP contribution is -2.64. The molecule has 0 saturated carbocycles. The fraction of sp³-hybridized carbons (Fsp3) is 0.333. The van der Waals surface area contributed by atoms with Crippen molar-refractivity contribution in [3.63, 3.8) is 0 Å². The maximum absolute atomic E-state index is 14.6. The number of ketones is 2. The Kier molecular flexibility index (Phi) is 7.47. The second kappa shape index (κ2) is 10.2. The molecule has 0 bridgehead atoms. The van der Waals surface area contributed by atoms with Gasteiger partial charge in [0.1, 0.15) is 28.0 Å². The van der Waals surface area contributed by atoms with E-state index in [1.165, 1.54) is 27.4 Å². The first-order chi connectivity index (χ1) is 19.6. The molecule has 2 aliphatic carbocycles. The summed E-state index contributed by atoms with van der Waals surface area (Å²) in [4.78, 5) is 28.8. The summed E-state index contributed by atoms with van der Waals surface area (Å²) < 4.78 is 16.7. The quantitative estimate of drug-likeness (QED) is 0.247. The Morgan fingerprint density at radius 2 is 1.38 bits per heavy atom. The minimum atomic E-state index is -2.63. The largest absolute Gasteiger partial charge is 0.505 e. The number of halogens is 4. The third-order valence-electron chi connectivity index (χ3n) is 8.59. The van der Waals surface area contributed by atoms with Gasteiger partial charge < -0.3 is 29.5 Å². The first-order valence-corrected chi connectivity index (χ1v) is 14.6. The van der Waals surface area contributed by atoms with Gasteiger partial charge >= 0.3 is 0 Å². The van der Waals surface area contributed by atoms with Crippen LogP contribution < -0.4 is 14.2 Å². The summed E-state index contributed by atoms with van der Waals surface area (Å²) >= 11 is 22.9. The first-order valence-electron chi connectivity index (χ1n) is 12.7. The molecule has 3 aromatic rings. The van der Waals surface area contributed by atoms with Crippen LogP contribution >= 0.6 is 50.7 Å². The zero-order valence-electron chi connectivity index (χ0n) is 23.3. The van der Waals surface area contributed by atoms with E-state index in [9.17, 15) is 24.9 Å². The van der Waals surface area contributed by atoms with E-state index in [4.69, 9.17) is 49.0 Å². The van der Waals surface area contributed by atoms with Gasteiger partial charge in [0.2, 0.25) is 11.6 Å². The van der Waals surface area contributed by atoms with Crippen LogP contribution in [-0.4, -0.2) is 53.8 Å². The van der Waals surface area contributed by atoms with Crippen molar-refractivity contribution in [2.45, 2.75) is 38.2 Å². The summed E-state index contributed by atoms with van der Waals surface area (Å²) in [5, 5.41) is 33.7. The molecule has 5 rings (SSSR count). The lowest BCUT2D eigenvalue weighted by molar-refractivity contribution is -0.0204. The number of hydrogen-bond donors (Lipinski definition) is 3. The molecular formula is C30H26BrCl3O8. The molecule has 3 N–H and O–H groups in total. The number of carbonyl (C=O) groups excluding carboxylic acids is 2. The minimum absolute atomic E-state index is 0.0155. The molecule has 0 fully saturated rings. The van der Waals surface area contributed by atoms with Gasteiger partial charge in [-0.05, 0) is 57.4 Å². The monoisotopic (exact) mass is 698 g/mol. The highest BCUT2D eigenvalue weighted by Gasteiger charge is 2.64. The number of ether oxygens (including phenoxy) is 3. The predicted molar refractivity (Wildman–Crippen MR) is 163 cm³/mol. The van der Waals surface area contributed by atoms with E-state index in [0.29, 0.717) is 28.2 Å². The number of hydrogen-bond acceptors (Lipinski definition) is 8. The molecule has 222 valence electrons. The molecule has 12 heteroatoms. The zero-order chi connectivity index (χ0) is 31.2. The first kappa shape index (κ1) is 30.8. The van der Waals surface area contributed by atoms with Gasteiger partial charge in [0.25, 0.3) is 0 Å². The fourth-order valence-corrected chi connectivity index (χ4v) is 8.20. The Morgan fingerprint density at radius 1 is 0.833 bits per heavy atom. The molecule has 8 nitrogen and oxygen atoms in total. The summed E-state index contributed by atoms with van der Waals surface area (Å²) in [6.45, 7) is 5.13. The van der Waals surface area contributed by atoms with Gasteiger partial charge in [-0.15, -0.1) is 0 Å². The van der Waals surface area contributed by atoms with Crippen LogP contribution in [0.1, 0.15) is 51.3 Å². The van der Waals surface area contributed by atoms with Crippen LogP contribution in [0.15, 0.2) is 16.6 Å². The van der Waals surface area contributed by atoms with Crippen LogP contribution in [-0.2, 0) is 11.8 Å². The Balaban J connectivity index is 1.89. The lowest BCUT2D eigenvalue weighted by atomic mass is 9.52. The van der Waals surface area contributed by atoms with E-state index < -0.39 is 45.0 Å². The Labute approximate surface area is 265 Å². The van der Waals surface area contributed by atoms with Gasteiger partial charge in [-0.3, -0.25) is 9.59 Å². The topological polar surface area (TPSA) is 123 Å². The molecule has 0 amide bonds. The van der Waals surface area contributed by atoms with Gasteiger partial charge in [0.05, 0.1) is 41.4 Å². The van der Waals surface area contributed by atoms with E-state index in [-0.39, 0.29) is 48.9 Å². The van der Waals surface area contributed by atoms with E-state index in [1.54, 1.807) is 26.8 Å². The molecule has 0 spiro atoms. The predicted octanol–water partition coefficient (Wildman–Crippen LogP) is 7.08. The third-order valence-corrected chi connectivity index (χ3v) is 10.6. The van der Waals surface area contributed by atoms with Gasteiger partial charge in [0, 0.05) is 28.7 Å². The summed E-state index contributed by atoms with van der Waals surface area (Å²) in [6.07, 6.45) is -0.0410. The second-order valence-electron chi connectivity index (χ2n) is 10.9. The van der Waals surface area contributed by atoms with Crippen LogP contribution in [0.2, 0.25) is 15.1 Å². The Bertz CT molecular complexity index is 1740. The SMILES string of the molecule is COc1cc(OC)c(-c2cc(OC)c(Cl)c3c2C(=O)[C@@]2(O)C(=O)c4c(O)c(Cl)c(O)c(Br)c4C(C)(C)[C@H]2C3)c(C)c1Cl. The van der Waals surface area contributed by atoms with Crippen LogP contribution in [0.3, 0.4) is 0 Å². The molecular weight excluding hydrogens is 675 g/mol. The van der Waals surface area contributed by atoms with Crippen molar-refractivity contribution in [2.24, 2.45) is 5.92 Å². The summed E-state index contributed by atoms with van der Waals surface area (Å²) in [7, 11) is 4.33. The van der Waals surface area contributed by atoms with Crippen molar-refractivity contribution in [1.29, 1.82) is 0 Å². The number of benzene rings is 3. The van der Waals surface area contributed by atoms with Gasteiger partial charge in [-0.2, -0.15) is 0 Å². The molecule has 0 aromatic heterocycles. The smallest absolute Gasteiger partial charge is 0.206 e. The van der Waals surface area contributed by atoms with Crippen molar-refractivity contribution in [3.8, 4) is 39.9 Å². The summed E-state index contributed by atoms with van der Waals surface area (Å²) in [6, 6.07) is 3.10. The van der Waals surface area contributed by atoms with Gasteiger partial charge in [0.15, 0.2) is 11.4 Å². The summed E-state index contributed by atoms with van der Waals surface area (Å²) in [5.41, 5.74) is -2.44. The molecule has 0 unspecified atom stereocenters. The van der Waals surface area contributed by atoms with E-state index in [1.807, 2.05) is 0 Å². The number of phenolic OH excluding ortho intramolecular Hbond substituents is 2. The zero-order valence-corrected chi connectivity index (χ0v) is 27.2. The highest BCUT2D eigenvalue weighted by molar-refractivity contribution is 9.10. The molecule has 42 heavy (non-hydrogen) atoms. The Morgan fingerprint density at radius 3 is 1.95 bits per heavy atom. The minimum Gasteiger partial charge on any atom is -0.505 e. The van der Waals surface area contributed by atoms with Crippen molar-refractivity contribution in [3.05, 3.63) is 59.5 Å². The average Bonchev–Trinajstić information content (AvgIpc) is 2.95. The van der Waals surface area contributed by atoms with Crippen molar-refractivity contribution < 1.29 is 39.1 Å². The number of rotatable bonds is 4. The van der Waals surface area contributed by atoms with Crippen molar-refractivity contribution in [1.82, 2.24) is 0 Å². The van der Waals surface area contributed by atoms with Crippen LogP contribution in [0, 0.1) is 12.8 Å². The molecule has 2 atom stereocenters. The Hall–Kier alpha value is -2.69. The number of methoxy groups -OCH3 is 3. The van der Waals surface area contributed by atoms with E-state index in [0.717, 1.165) is 0 Å². The van der Waals surface area contributed by atoms with Crippen molar-refractivity contribution >= 4 is 62.3 Å². The molecule has 0 heterocycles. The van der Waals surface area contributed by atoms with Crippen LogP contribution in [0.5, 0.6) is 28.7 Å². The highest BCUT2D eigenvalue weighted by atomic mass is 79.9. The molecule has 0 saturated heterocycles. The maximum atomic E-state index is 14.6. The van der Waals surface area contributed by atoms with Crippen molar-refractivity contribution in [2.75, 3.05) is 21.3 Å². The number of aliphatic hydroxyl groups is 1. The number of carbonyl (C=O) groups is 2. The highest BCUT2D eigenvalue weighted by Crippen LogP contribution is 2.60. The number of Topliss-reactive ketones (excluding diaryl/α,β-unsaturated/α-hetero) is 2. The number of aromatic hydroxyl groups is 2. The summed E-state index contributed by atoms with van der Waals surface area (Å²) in [5.74, 6) is -3.34. The van der Waals surface area contributed by atoms with E-state index in [2.05, 4.69) is 15.9 Å².